The Morgan fingerprint density at radius 2 is 1.97 bits per heavy atom. The molecule has 1 aromatic heterocycles. The quantitative estimate of drug-likeness (QED) is 0.442. The fraction of sp³-hybridized carbons (Fsp3) is 0.391. The summed E-state index contributed by atoms with van der Waals surface area (Å²) >= 11 is 4.86. The van der Waals surface area contributed by atoms with Crippen molar-refractivity contribution in [1.29, 1.82) is 0 Å². The van der Waals surface area contributed by atoms with Gasteiger partial charge in [-0.2, -0.15) is 11.8 Å². The van der Waals surface area contributed by atoms with Gasteiger partial charge in [0.1, 0.15) is 23.0 Å². The average molecular weight is 517 g/mol. The third-order valence-electron chi connectivity index (χ3n) is 5.86. The number of carbonyl (C=O) groups excluding carboxylic acids is 3. The van der Waals surface area contributed by atoms with Crippen molar-refractivity contribution >= 4 is 52.6 Å². The topological polar surface area (TPSA) is 91.8 Å². The number of nitrogens with zero attached hydrogens (tertiary/aromatic N) is 3. The second-order valence-corrected chi connectivity index (χ2v) is 11.3. The van der Waals surface area contributed by atoms with Crippen LogP contribution >= 0.6 is 34.9 Å². The Balaban J connectivity index is 1.33. The van der Waals surface area contributed by atoms with E-state index in [1.54, 1.807) is 18.0 Å². The molecule has 1 unspecified atom stereocenters. The Hall–Kier alpha value is -2.50. The Kier molecular flexibility index (Phi) is 7.12. The number of aromatic nitrogens is 1. The van der Waals surface area contributed by atoms with Gasteiger partial charge in [0.05, 0.1) is 12.1 Å². The maximum Gasteiger partial charge on any atom is 0.357 e. The second kappa shape index (κ2) is 10.4. The SMILES string of the molecule is O=C(Cc1nccs1)NC1C(=O)N2C(C(=O)OCc3ccccc3)=C(N3CCSCC3)CS[C@H]12. The van der Waals surface area contributed by atoms with Crippen LogP contribution in [0.5, 0.6) is 0 Å². The van der Waals surface area contributed by atoms with Crippen LogP contribution in [0.3, 0.4) is 0 Å². The second-order valence-electron chi connectivity index (χ2n) is 8.01. The molecule has 0 aliphatic carbocycles. The van der Waals surface area contributed by atoms with Gasteiger partial charge < -0.3 is 15.0 Å². The highest BCUT2D eigenvalue weighted by Gasteiger charge is 2.55. The minimum Gasteiger partial charge on any atom is -0.456 e. The van der Waals surface area contributed by atoms with Crippen LogP contribution in [0, 0.1) is 0 Å². The zero-order chi connectivity index (χ0) is 23.5. The van der Waals surface area contributed by atoms with Crippen LogP contribution in [0.1, 0.15) is 10.6 Å². The van der Waals surface area contributed by atoms with E-state index in [0.717, 1.165) is 35.9 Å². The van der Waals surface area contributed by atoms with Gasteiger partial charge in [0, 0.05) is 41.9 Å². The van der Waals surface area contributed by atoms with Crippen LogP contribution in [0.25, 0.3) is 0 Å². The summed E-state index contributed by atoms with van der Waals surface area (Å²) in [7, 11) is 0. The van der Waals surface area contributed by atoms with Crippen molar-refractivity contribution in [3.63, 3.8) is 0 Å². The van der Waals surface area contributed by atoms with Crippen molar-refractivity contribution in [3.8, 4) is 0 Å². The number of benzene rings is 1. The van der Waals surface area contributed by atoms with Crippen LogP contribution in [-0.4, -0.2) is 74.3 Å². The van der Waals surface area contributed by atoms with Crippen molar-refractivity contribution in [1.82, 2.24) is 20.1 Å². The molecule has 3 aliphatic rings. The van der Waals surface area contributed by atoms with E-state index in [1.807, 2.05) is 47.5 Å². The molecule has 2 amide bonds. The lowest BCUT2D eigenvalue weighted by Gasteiger charge is -2.51. The van der Waals surface area contributed by atoms with E-state index in [-0.39, 0.29) is 30.2 Å². The highest BCUT2D eigenvalue weighted by atomic mass is 32.2. The van der Waals surface area contributed by atoms with E-state index in [4.69, 9.17) is 4.74 Å². The van der Waals surface area contributed by atoms with Gasteiger partial charge >= 0.3 is 5.97 Å². The zero-order valence-electron chi connectivity index (χ0n) is 18.3. The van der Waals surface area contributed by atoms with Crippen molar-refractivity contribution in [2.45, 2.75) is 24.4 Å². The number of thiazole rings is 1. The van der Waals surface area contributed by atoms with Gasteiger partial charge in [-0.25, -0.2) is 9.78 Å². The molecule has 0 radical (unpaired) electrons. The lowest BCUT2D eigenvalue weighted by molar-refractivity contribution is -0.153. The molecule has 3 aliphatic heterocycles. The Morgan fingerprint density at radius 1 is 1.18 bits per heavy atom. The minimum absolute atomic E-state index is 0.136. The fourth-order valence-corrected chi connectivity index (χ4v) is 7.06. The maximum absolute atomic E-state index is 13.3. The summed E-state index contributed by atoms with van der Waals surface area (Å²) in [6.07, 6.45) is 1.79. The molecule has 5 rings (SSSR count). The number of esters is 1. The lowest BCUT2D eigenvalue weighted by Crippen LogP contribution is -2.71. The number of fused-ring (bicyclic) bond motifs is 1. The average Bonchev–Trinajstić information content (AvgIpc) is 3.39. The van der Waals surface area contributed by atoms with E-state index in [2.05, 4.69) is 15.2 Å². The molecule has 1 aromatic carbocycles. The number of β-lactam (4-membered cyclic amide) rings is 1. The monoisotopic (exact) mass is 516 g/mol. The number of hydrogen-bond acceptors (Lipinski definition) is 9. The van der Waals surface area contributed by atoms with Crippen LogP contribution in [0.4, 0.5) is 0 Å². The smallest absolute Gasteiger partial charge is 0.357 e. The van der Waals surface area contributed by atoms with Gasteiger partial charge in [0.15, 0.2) is 5.70 Å². The van der Waals surface area contributed by atoms with Gasteiger partial charge in [-0.15, -0.1) is 23.1 Å². The van der Waals surface area contributed by atoms with Crippen LogP contribution in [0.2, 0.25) is 0 Å². The first-order valence-electron chi connectivity index (χ1n) is 11.0. The Labute approximate surface area is 210 Å². The van der Waals surface area contributed by atoms with Gasteiger partial charge in [-0.05, 0) is 5.56 Å². The predicted molar refractivity (Wildman–Crippen MR) is 133 cm³/mol. The molecular formula is C23H24N4O4S3. The highest BCUT2D eigenvalue weighted by molar-refractivity contribution is 8.00. The molecule has 1 N–H and O–H groups in total. The van der Waals surface area contributed by atoms with Crippen molar-refractivity contribution in [3.05, 3.63) is 63.9 Å². The first-order valence-corrected chi connectivity index (χ1v) is 14.1. The van der Waals surface area contributed by atoms with E-state index in [1.165, 1.54) is 16.2 Å². The third-order valence-corrected chi connectivity index (χ3v) is 8.85. The predicted octanol–water partition coefficient (Wildman–Crippen LogP) is 2.09. The summed E-state index contributed by atoms with van der Waals surface area (Å²) < 4.78 is 5.65. The Bertz CT molecular complexity index is 1090. The third kappa shape index (κ3) is 4.82. The minimum atomic E-state index is -0.659. The van der Waals surface area contributed by atoms with Gasteiger partial charge in [0.25, 0.3) is 5.91 Å². The summed E-state index contributed by atoms with van der Waals surface area (Å²) in [6, 6.07) is 8.83. The number of thioether (sulfide) groups is 2. The maximum atomic E-state index is 13.3. The summed E-state index contributed by atoms with van der Waals surface area (Å²) in [5.41, 5.74) is 2.05. The first-order chi connectivity index (χ1) is 16.6. The summed E-state index contributed by atoms with van der Waals surface area (Å²) in [6.45, 7) is 1.80. The number of hydrogen-bond donors (Lipinski definition) is 1. The summed E-state index contributed by atoms with van der Waals surface area (Å²) in [5.74, 6) is 1.53. The number of amides is 2. The van der Waals surface area contributed by atoms with Crippen molar-refractivity contribution in [2.24, 2.45) is 0 Å². The summed E-state index contributed by atoms with van der Waals surface area (Å²) in [5, 5.41) is 5.03. The standard InChI is InChI=1S/C23H24N4O4S3/c28-17(12-18-24-6-9-33-18)25-19-21(29)27-20(23(30)31-13-15-4-2-1-3-5-15)16(14-34-22(19)27)26-7-10-32-11-8-26/h1-6,9,19,22H,7-8,10-14H2,(H,25,28)/t19?,22-/m1/s1. The first kappa shape index (κ1) is 23.3. The molecule has 2 saturated heterocycles. The van der Waals surface area contributed by atoms with Crippen molar-refractivity contribution in [2.75, 3.05) is 30.3 Å². The molecule has 2 atom stereocenters. The largest absolute Gasteiger partial charge is 0.456 e. The van der Waals surface area contributed by atoms with E-state index in [9.17, 15) is 14.4 Å². The van der Waals surface area contributed by atoms with E-state index in [0.29, 0.717) is 16.5 Å². The fourth-order valence-electron chi connectivity index (χ4n) is 4.16. The number of carbonyl (C=O) groups is 3. The molecule has 4 heterocycles. The number of nitrogens with one attached hydrogen (secondary N) is 1. The van der Waals surface area contributed by atoms with Crippen molar-refractivity contribution < 1.29 is 19.1 Å². The van der Waals surface area contributed by atoms with Crippen LogP contribution in [-0.2, 0) is 32.1 Å². The zero-order valence-corrected chi connectivity index (χ0v) is 20.8. The molecule has 2 aromatic rings. The number of ether oxygens (including phenoxy) is 1. The highest BCUT2D eigenvalue weighted by Crippen LogP contribution is 2.42. The van der Waals surface area contributed by atoms with Crippen LogP contribution in [0.15, 0.2) is 53.3 Å². The molecular weight excluding hydrogens is 492 g/mol. The normalized spacial score (nSPS) is 22.2. The van der Waals surface area contributed by atoms with Crippen LogP contribution < -0.4 is 5.32 Å². The number of rotatable bonds is 7. The lowest BCUT2D eigenvalue weighted by atomic mass is 10.0. The van der Waals surface area contributed by atoms with E-state index >= 15 is 0 Å². The molecule has 0 spiro atoms. The molecule has 0 bridgehead atoms. The summed E-state index contributed by atoms with van der Waals surface area (Å²) in [4.78, 5) is 46.8. The van der Waals surface area contributed by atoms with Gasteiger partial charge in [0.2, 0.25) is 5.91 Å². The molecule has 178 valence electrons. The molecule has 8 nitrogen and oxygen atoms in total. The van der Waals surface area contributed by atoms with Gasteiger partial charge in [-0.1, -0.05) is 30.3 Å². The Morgan fingerprint density at radius 3 is 2.71 bits per heavy atom. The molecule has 34 heavy (non-hydrogen) atoms. The van der Waals surface area contributed by atoms with Gasteiger partial charge in [-0.3, -0.25) is 14.5 Å². The molecule has 2 fully saturated rings. The molecule has 0 saturated carbocycles. The molecule has 11 heteroatoms. The van der Waals surface area contributed by atoms with E-state index < -0.39 is 12.0 Å².